The standard InChI is InChI=1S/C16H28N4OS/c1-19-15(17-18-16(19)22-2)11-13-3-7-20(8-4-13)12-14-5-9-21-10-6-14/h13-14H,3-12H2,1-2H3. The van der Waals surface area contributed by atoms with Crippen molar-refractivity contribution in [3.63, 3.8) is 0 Å². The Kier molecular flexibility index (Phi) is 5.77. The van der Waals surface area contributed by atoms with E-state index >= 15 is 0 Å². The second kappa shape index (κ2) is 7.79. The molecule has 1 aromatic heterocycles. The summed E-state index contributed by atoms with van der Waals surface area (Å²) in [5.74, 6) is 2.77. The van der Waals surface area contributed by atoms with E-state index in [4.69, 9.17) is 4.74 Å². The smallest absolute Gasteiger partial charge is 0.190 e. The Bertz CT molecular complexity index is 465. The van der Waals surface area contributed by atoms with Crippen molar-refractivity contribution in [3.8, 4) is 0 Å². The summed E-state index contributed by atoms with van der Waals surface area (Å²) in [6.07, 6.45) is 8.22. The molecule has 0 spiro atoms. The van der Waals surface area contributed by atoms with Crippen molar-refractivity contribution in [2.45, 2.75) is 37.3 Å². The zero-order valence-corrected chi connectivity index (χ0v) is 14.6. The van der Waals surface area contributed by atoms with Gasteiger partial charge in [0.2, 0.25) is 0 Å². The van der Waals surface area contributed by atoms with Gasteiger partial charge in [-0.05, 0) is 56.9 Å². The molecule has 2 aliphatic rings. The number of hydrogen-bond donors (Lipinski definition) is 0. The van der Waals surface area contributed by atoms with E-state index in [1.165, 1.54) is 45.3 Å². The third-order valence-electron chi connectivity index (χ3n) is 5.14. The first-order valence-corrected chi connectivity index (χ1v) is 9.71. The predicted molar refractivity (Wildman–Crippen MR) is 89.2 cm³/mol. The van der Waals surface area contributed by atoms with Crippen LogP contribution in [-0.2, 0) is 18.2 Å². The van der Waals surface area contributed by atoms with Crippen molar-refractivity contribution in [1.82, 2.24) is 19.7 Å². The predicted octanol–water partition coefficient (Wildman–Crippen LogP) is 2.22. The van der Waals surface area contributed by atoms with Gasteiger partial charge in [-0.25, -0.2) is 0 Å². The highest BCUT2D eigenvalue weighted by molar-refractivity contribution is 7.98. The second-order valence-electron chi connectivity index (χ2n) is 6.67. The minimum Gasteiger partial charge on any atom is -0.381 e. The van der Waals surface area contributed by atoms with Crippen LogP contribution in [0.2, 0.25) is 0 Å². The van der Waals surface area contributed by atoms with Crippen LogP contribution in [0.1, 0.15) is 31.5 Å². The lowest BCUT2D eigenvalue weighted by atomic mass is 9.91. The van der Waals surface area contributed by atoms with E-state index in [9.17, 15) is 0 Å². The van der Waals surface area contributed by atoms with Gasteiger partial charge in [0.25, 0.3) is 0 Å². The second-order valence-corrected chi connectivity index (χ2v) is 7.44. The highest BCUT2D eigenvalue weighted by Crippen LogP contribution is 2.24. The summed E-state index contributed by atoms with van der Waals surface area (Å²) >= 11 is 1.67. The van der Waals surface area contributed by atoms with Crippen molar-refractivity contribution in [1.29, 1.82) is 0 Å². The average Bonchev–Trinajstić information content (AvgIpc) is 2.90. The molecule has 0 unspecified atom stereocenters. The van der Waals surface area contributed by atoms with E-state index in [0.29, 0.717) is 0 Å². The number of thioether (sulfide) groups is 1. The summed E-state index contributed by atoms with van der Waals surface area (Å²) in [5, 5.41) is 9.62. The Morgan fingerprint density at radius 3 is 2.45 bits per heavy atom. The topological polar surface area (TPSA) is 43.2 Å². The number of hydrogen-bond acceptors (Lipinski definition) is 5. The lowest BCUT2D eigenvalue weighted by Gasteiger charge is -2.35. The zero-order valence-electron chi connectivity index (χ0n) is 13.8. The number of rotatable bonds is 5. The van der Waals surface area contributed by atoms with Crippen molar-refractivity contribution in [3.05, 3.63) is 5.82 Å². The molecular weight excluding hydrogens is 296 g/mol. The molecule has 0 radical (unpaired) electrons. The Morgan fingerprint density at radius 1 is 1.09 bits per heavy atom. The van der Waals surface area contributed by atoms with Gasteiger partial charge in [-0.15, -0.1) is 10.2 Å². The fraction of sp³-hybridized carbons (Fsp3) is 0.875. The Hall–Kier alpha value is -0.590. The molecule has 6 heteroatoms. The largest absolute Gasteiger partial charge is 0.381 e. The Labute approximate surface area is 137 Å². The Balaban J connectivity index is 1.44. The van der Waals surface area contributed by atoms with Crippen LogP contribution >= 0.6 is 11.8 Å². The number of aromatic nitrogens is 3. The molecule has 22 heavy (non-hydrogen) atoms. The van der Waals surface area contributed by atoms with E-state index in [2.05, 4.69) is 33.0 Å². The van der Waals surface area contributed by atoms with E-state index < -0.39 is 0 Å². The number of piperidine rings is 1. The first-order chi connectivity index (χ1) is 10.8. The van der Waals surface area contributed by atoms with Gasteiger partial charge in [-0.1, -0.05) is 11.8 Å². The van der Waals surface area contributed by atoms with Gasteiger partial charge in [-0.2, -0.15) is 0 Å². The maximum atomic E-state index is 5.46. The van der Waals surface area contributed by atoms with Gasteiger partial charge in [-0.3, -0.25) is 0 Å². The number of likely N-dealkylation sites (tertiary alicyclic amines) is 1. The molecule has 2 fully saturated rings. The van der Waals surface area contributed by atoms with Crippen LogP contribution in [0.15, 0.2) is 5.16 Å². The van der Waals surface area contributed by atoms with Gasteiger partial charge in [0.05, 0.1) is 0 Å². The fourth-order valence-corrected chi connectivity index (χ4v) is 4.13. The summed E-state index contributed by atoms with van der Waals surface area (Å²) in [6, 6.07) is 0. The van der Waals surface area contributed by atoms with Crippen LogP contribution in [0, 0.1) is 11.8 Å². The van der Waals surface area contributed by atoms with Gasteiger partial charge in [0, 0.05) is 33.2 Å². The Morgan fingerprint density at radius 2 is 1.82 bits per heavy atom. The molecule has 3 rings (SSSR count). The van der Waals surface area contributed by atoms with Gasteiger partial charge >= 0.3 is 0 Å². The number of ether oxygens (including phenoxy) is 1. The van der Waals surface area contributed by atoms with E-state index in [1.54, 1.807) is 11.8 Å². The third kappa shape index (κ3) is 4.03. The fourth-order valence-electron chi connectivity index (χ4n) is 3.63. The van der Waals surface area contributed by atoms with Crippen LogP contribution in [0.4, 0.5) is 0 Å². The zero-order chi connectivity index (χ0) is 15.4. The van der Waals surface area contributed by atoms with E-state index in [0.717, 1.165) is 42.5 Å². The summed E-state index contributed by atoms with van der Waals surface area (Å²) < 4.78 is 7.61. The first-order valence-electron chi connectivity index (χ1n) is 8.48. The van der Waals surface area contributed by atoms with Gasteiger partial charge < -0.3 is 14.2 Å². The molecule has 0 aromatic carbocycles. The minimum absolute atomic E-state index is 0.767. The summed E-state index contributed by atoms with van der Waals surface area (Å²) in [7, 11) is 2.08. The molecule has 124 valence electrons. The van der Waals surface area contributed by atoms with Crippen LogP contribution in [0.3, 0.4) is 0 Å². The SMILES string of the molecule is CSc1nnc(CC2CCN(CC3CCOCC3)CC2)n1C. The molecule has 2 saturated heterocycles. The van der Waals surface area contributed by atoms with Gasteiger partial charge in [0.15, 0.2) is 5.16 Å². The molecule has 3 heterocycles. The molecule has 0 aliphatic carbocycles. The maximum absolute atomic E-state index is 5.46. The molecule has 1 aromatic rings. The molecule has 2 aliphatic heterocycles. The lowest BCUT2D eigenvalue weighted by Crippen LogP contribution is -2.39. The van der Waals surface area contributed by atoms with Gasteiger partial charge in [0.1, 0.15) is 5.82 Å². The van der Waals surface area contributed by atoms with Crippen LogP contribution in [0.5, 0.6) is 0 Å². The quantitative estimate of drug-likeness (QED) is 0.777. The highest BCUT2D eigenvalue weighted by Gasteiger charge is 2.24. The summed E-state index contributed by atoms with van der Waals surface area (Å²) in [6.45, 7) is 5.69. The first kappa shape index (κ1) is 16.3. The minimum atomic E-state index is 0.767. The molecule has 0 amide bonds. The van der Waals surface area contributed by atoms with Crippen LogP contribution in [-0.4, -0.2) is 58.8 Å². The van der Waals surface area contributed by atoms with Crippen LogP contribution in [0.25, 0.3) is 0 Å². The molecule has 0 bridgehead atoms. The third-order valence-corrected chi connectivity index (χ3v) is 5.86. The average molecular weight is 324 g/mol. The maximum Gasteiger partial charge on any atom is 0.190 e. The van der Waals surface area contributed by atoms with Crippen molar-refractivity contribution >= 4 is 11.8 Å². The van der Waals surface area contributed by atoms with Crippen molar-refractivity contribution < 1.29 is 4.74 Å². The van der Waals surface area contributed by atoms with Crippen molar-refractivity contribution in [2.75, 3.05) is 39.1 Å². The summed E-state index contributed by atoms with van der Waals surface area (Å²) in [4.78, 5) is 2.66. The van der Waals surface area contributed by atoms with Crippen LogP contribution < -0.4 is 0 Å². The van der Waals surface area contributed by atoms with E-state index in [1.807, 2.05) is 0 Å². The normalized spacial score (nSPS) is 22.3. The molecule has 0 atom stereocenters. The van der Waals surface area contributed by atoms with E-state index in [-0.39, 0.29) is 0 Å². The molecule has 0 saturated carbocycles. The molecule has 0 N–H and O–H groups in total. The monoisotopic (exact) mass is 324 g/mol. The highest BCUT2D eigenvalue weighted by atomic mass is 32.2. The lowest BCUT2D eigenvalue weighted by molar-refractivity contribution is 0.0467. The molecule has 5 nitrogen and oxygen atoms in total. The number of nitrogens with zero attached hydrogens (tertiary/aromatic N) is 4. The molecular formula is C16H28N4OS. The van der Waals surface area contributed by atoms with Crippen molar-refractivity contribution in [2.24, 2.45) is 18.9 Å². The summed E-state index contributed by atoms with van der Waals surface area (Å²) in [5.41, 5.74) is 0.